The number of fused-ring (bicyclic) bond motifs is 1. The fourth-order valence-corrected chi connectivity index (χ4v) is 3.33. The van der Waals surface area contributed by atoms with Gasteiger partial charge in [0.25, 0.3) is 0 Å². The van der Waals surface area contributed by atoms with E-state index in [4.69, 9.17) is 11.6 Å². The zero-order chi connectivity index (χ0) is 18.9. The molecule has 0 aliphatic carbocycles. The number of halogens is 2. The summed E-state index contributed by atoms with van der Waals surface area (Å²) in [6, 6.07) is 3.82. The molecule has 1 aliphatic rings. The molecule has 3 heterocycles. The van der Waals surface area contributed by atoms with Gasteiger partial charge in [0.15, 0.2) is 5.96 Å². The lowest BCUT2D eigenvalue weighted by Gasteiger charge is -2.11. The minimum atomic E-state index is 0. The third-order valence-electron chi connectivity index (χ3n) is 4.63. The van der Waals surface area contributed by atoms with E-state index in [9.17, 15) is 0 Å². The lowest BCUT2D eigenvalue weighted by Crippen LogP contribution is -2.38. The van der Waals surface area contributed by atoms with Crippen LogP contribution in [-0.4, -0.2) is 45.3 Å². The van der Waals surface area contributed by atoms with Gasteiger partial charge in [-0.25, -0.2) is 4.98 Å². The summed E-state index contributed by atoms with van der Waals surface area (Å²) in [7, 11) is 0. The molecule has 2 aromatic rings. The standard InChI is InChI=1S/C19H28ClN7.HI/c1-2-21-19(22-11-9-15-7-8-16(20)24-14-15)23-12-10-18-26-25-17-6-4-3-5-13-27(17)18;/h7-8,14H,2-6,9-13H2,1H3,(H2,21,22,23);1H. The first kappa shape index (κ1) is 22.9. The van der Waals surface area contributed by atoms with Crippen molar-refractivity contribution in [3.8, 4) is 0 Å². The summed E-state index contributed by atoms with van der Waals surface area (Å²) in [5, 5.41) is 15.9. The van der Waals surface area contributed by atoms with Crippen molar-refractivity contribution in [1.29, 1.82) is 0 Å². The summed E-state index contributed by atoms with van der Waals surface area (Å²) >= 11 is 5.82. The van der Waals surface area contributed by atoms with Gasteiger partial charge in [0, 0.05) is 45.2 Å². The Labute approximate surface area is 188 Å². The van der Waals surface area contributed by atoms with Gasteiger partial charge in [-0.2, -0.15) is 0 Å². The Kier molecular flexibility index (Phi) is 9.97. The van der Waals surface area contributed by atoms with E-state index >= 15 is 0 Å². The van der Waals surface area contributed by atoms with Gasteiger partial charge in [0.05, 0.1) is 0 Å². The van der Waals surface area contributed by atoms with E-state index < -0.39 is 0 Å². The summed E-state index contributed by atoms with van der Waals surface area (Å²) < 4.78 is 2.29. The number of aliphatic imine (C=N–C) groups is 1. The van der Waals surface area contributed by atoms with Crippen LogP contribution < -0.4 is 10.6 Å². The van der Waals surface area contributed by atoms with E-state index in [1.165, 1.54) is 19.3 Å². The van der Waals surface area contributed by atoms with Crippen molar-refractivity contribution in [3.63, 3.8) is 0 Å². The minimum Gasteiger partial charge on any atom is -0.357 e. The molecule has 2 aromatic heterocycles. The highest BCUT2D eigenvalue weighted by Crippen LogP contribution is 2.14. The maximum absolute atomic E-state index is 5.82. The smallest absolute Gasteiger partial charge is 0.191 e. The predicted octanol–water partition coefficient (Wildman–Crippen LogP) is 3.01. The molecular weight excluding hydrogens is 489 g/mol. The maximum atomic E-state index is 5.82. The molecule has 2 N–H and O–H groups in total. The van der Waals surface area contributed by atoms with Gasteiger partial charge >= 0.3 is 0 Å². The molecule has 0 bridgehead atoms. The molecule has 0 atom stereocenters. The molecule has 0 radical (unpaired) electrons. The highest BCUT2D eigenvalue weighted by Gasteiger charge is 2.14. The van der Waals surface area contributed by atoms with Crippen LogP contribution in [-0.2, 0) is 25.8 Å². The van der Waals surface area contributed by atoms with Crippen molar-refractivity contribution in [2.75, 3.05) is 19.6 Å². The molecule has 0 aromatic carbocycles. The Morgan fingerprint density at radius 1 is 1.18 bits per heavy atom. The molecule has 7 nitrogen and oxygen atoms in total. The second-order valence-corrected chi connectivity index (χ2v) is 7.06. The monoisotopic (exact) mass is 517 g/mol. The van der Waals surface area contributed by atoms with E-state index in [0.29, 0.717) is 11.7 Å². The number of guanidine groups is 1. The van der Waals surface area contributed by atoms with E-state index in [2.05, 4.69) is 42.3 Å². The first-order valence-electron chi connectivity index (χ1n) is 9.80. The predicted molar refractivity (Wildman–Crippen MR) is 124 cm³/mol. The number of rotatable bonds is 7. The molecule has 0 saturated carbocycles. The minimum absolute atomic E-state index is 0. The fraction of sp³-hybridized carbons (Fsp3) is 0.579. The van der Waals surface area contributed by atoms with Crippen molar-refractivity contribution in [3.05, 3.63) is 40.7 Å². The number of hydrogen-bond donors (Lipinski definition) is 2. The lowest BCUT2D eigenvalue weighted by atomic mass is 10.2. The summed E-state index contributed by atoms with van der Waals surface area (Å²) in [5.41, 5.74) is 1.15. The molecule has 0 amide bonds. The highest BCUT2D eigenvalue weighted by atomic mass is 127. The maximum Gasteiger partial charge on any atom is 0.191 e. The van der Waals surface area contributed by atoms with Gasteiger partial charge in [-0.1, -0.05) is 24.1 Å². The third-order valence-corrected chi connectivity index (χ3v) is 4.85. The molecular formula is C19H29ClIN7. The summed E-state index contributed by atoms with van der Waals surface area (Å²) in [6.07, 6.45) is 8.24. The first-order valence-corrected chi connectivity index (χ1v) is 10.2. The number of nitrogens with one attached hydrogen (secondary N) is 2. The Hall–Kier alpha value is -1.42. The molecule has 0 unspecified atom stereocenters. The topological polar surface area (TPSA) is 80.0 Å². The number of hydrogen-bond acceptors (Lipinski definition) is 4. The number of aromatic nitrogens is 4. The highest BCUT2D eigenvalue weighted by molar-refractivity contribution is 14.0. The molecule has 0 saturated heterocycles. The SMILES string of the molecule is CCNC(=NCCc1nnc2n1CCCCC2)NCCc1ccc(Cl)nc1.I. The molecule has 1 aliphatic heterocycles. The Morgan fingerprint density at radius 3 is 2.86 bits per heavy atom. The lowest BCUT2D eigenvalue weighted by molar-refractivity contribution is 0.604. The summed E-state index contributed by atoms with van der Waals surface area (Å²) in [5.74, 6) is 3.02. The van der Waals surface area contributed by atoms with E-state index in [1.54, 1.807) is 0 Å². The molecule has 0 fully saturated rings. The summed E-state index contributed by atoms with van der Waals surface area (Å²) in [6.45, 7) is 5.41. The van der Waals surface area contributed by atoms with Crippen LogP contribution in [0.25, 0.3) is 0 Å². The average Bonchev–Trinajstić information content (AvgIpc) is 2.90. The van der Waals surface area contributed by atoms with Crippen LogP contribution in [0, 0.1) is 0 Å². The van der Waals surface area contributed by atoms with Gasteiger partial charge < -0.3 is 15.2 Å². The number of pyridine rings is 1. The number of aryl methyl sites for hydroxylation is 1. The van der Waals surface area contributed by atoms with Crippen molar-refractivity contribution in [1.82, 2.24) is 30.4 Å². The van der Waals surface area contributed by atoms with Crippen molar-refractivity contribution in [2.24, 2.45) is 4.99 Å². The van der Waals surface area contributed by atoms with Crippen LogP contribution in [0.5, 0.6) is 0 Å². The second kappa shape index (κ2) is 12.2. The van der Waals surface area contributed by atoms with Gasteiger partial charge in [0.2, 0.25) is 0 Å². The third kappa shape index (κ3) is 6.88. The van der Waals surface area contributed by atoms with Crippen LogP contribution in [0.4, 0.5) is 0 Å². The Morgan fingerprint density at radius 2 is 2.07 bits per heavy atom. The fourth-order valence-electron chi connectivity index (χ4n) is 3.22. The molecule has 28 heavy (non-hydrogen) atoms. The molecule has 0 spiro atoms. The van der Waals surface area contributed by atoms with Gasteiger partial charge in [-0.15, -0.1) is 34.2 Å². The van der Waals surface area contributed by atoms with Crippen LogP contribution >= 0.6 is 35.6 Å². The van der Waals surface area contributed by atoms with E-state index in [1.807, 2.05) is 18.3 Å². The van der Waals surface area contributed by atoms with Crippen molar-refractivity contribution < 1.29 is 0 Å². The van der Waals surface area contributed by atoms with Gasteiger partial charge in [-0.05, 0) is 37.8 Å². The van der Waals surface area contributed by atoms with Crippen molar-refractivity contribution >= 4 is 41.5 Å². The van der Waals surface area contributed by atoms with Crippen LogP contribution in [0.1, 0.15) is 43.4 Å². The first-order chi connectivity index (χ1) is 13.3. The van der Waals surface area contributed by atoms with E-state index in [0.717, 1.165) is 62.1 Å². The largest absolute Gasteiger partial charge is 0.357 e. The normalized spacial score (nSPS) is 14.0. The molecule has 9 heteroatoms. The Bertz CT molecular complexity index is 745. The van der Waals surface area contributed by atoms with Crippen molar-refractivity contribution in [2.45, 2.75) is 52.0 Å². The molecule has 3 rings (SSSR count). The van der Waals surface area contributed by atoms with Gasteiger partial charge in [0.1, 0.15) is 16.8 Å². The Balaban J connectivity index is 0.00000280. The van der Waals surface area contributed by atoms with Crippen LogP contribution in [0.3, 0.4) is 0 Å². The van der Waals surface area contributed by atoms with Crippen LogP contribution in [0.15, 0.2) is 23.3 Å². The second-order valence-electron chi connectivity index (χ2n) is 6.67. The summed E-state index contributed by atoms with van der Waals surface area (Å²) in [4.78, 5) is 8.79. The zero-order valence-corrected chi connectivity index (χ0v) is 19.4. The zero-order valence-electron chi connectivity index (χ0n) is 16.3. The van der Waals surface area contributed by atoms with E-state index in [-0.39, 0.29) is 24.0 Å². The van der Waals surface area contributed by atoms with Gasteiger partial charge in [-0.3, -0.25) is 4.99 Å². The molecule has 154 valence electrons. The quantitative estimate of drug-likeness (QED) is 0.255. The number of nitrogens with zero attached hydrogens (tertiary/aromatic N) is 5. The average molecular weight is 518 g/mol. The van der Waals surface area contributed by atoms with Crippen LogP contribution in [0.2, 0.25) is 5.15 Å².